The third kappa shape index (κ3) is 3.56. The lowest BCUT2D eigenvalue weighted by Crippen LogP contribution is -2.34. The van der Waals surface area contributed by atoms with E-state index in [0.717, 1.165) is 36.6 Å². The fourth-order valence-corrected chi connectivity index (χ4v) is 5.11. The van der Waals surface area contributed by atoms with Gasteiger partial charge in [-0.25, -0.2) is 0 Å². The van der Waals surface area contributed by atoms with Crippen LogP contribution < -0.4 is 10.9 Å². The first kappa shape index (κ1) is 20.7. The number of nitrogens with one attached hydrogen (secondary N) is 1. The van der Waals surface area contributed by atoms with Gasteiger partial charge in [0.15, 0.2) is 0 Å². The Morgan fingerprint density at radius 2 is 2.12 bits per heavy atom. The van der Waals surface area contributed by atoms with Crippen LogP contribution in [0.3, 0.4) is 0 Å². The van der Waals surface area contributed by atoms with Crippen molar-refractivity contribution in [3.05, 3.63) is 69.4 Å². The average molecular weight is 451 g/mol. The number of pyridine rings is 2. The molecule has 0 spiro atoms. The SMILES string of the molecule is Cc1onc2c1c(=O)n(C1CCCC(CNC(=O)c3cccnc3)C1)c1cccc(Cl)c21. The molecule has 1 saturated carbocycles. The normalized spacial score (nSPS) is 18.8. The van der Waals surface area contributed by atoms with E-state index < -0.39 is 0 Å². The molecule has 2 unspecified atom stereocenters. The second-order valence-corrected chi connectivity index (χ2v) is 8.82. The van der Waals surface area contributed by atoms with Gasteiger partial charge in [-0.1, -0.05) is 29.2 Å². The summed E-state index contributed by atoms with van der Waals surface area (Å²) in [6.45, 7) is 2.31. The third-order valence-electron chi connectivity index (χ3n) is 6.38. The third-order valence-corrected chi connectivity index (χ3v) is 6.69. The fourth-order valence-electron chi connectivity index (χ4n) is 4.85. The average Bonchev–Trinajstić information content (AvgIpc) is 3.20. The molecule has 0 bridgehead atoms. The van der Waals surface area contributed by atoms with E-state index in [1.807, 2.05) is 16.7 Å². The van der Waals surface area contributed by atoms with Gasteiger partial charge < -0.3 is 14.4 Å². The lowest BCUT2D eigenvalue weighted by molar-refractivity contribution is 0.0940. The number of amides is 1. The number of rotatable bonds is 4. The largest absolute Gasteiger partial charge is 0.360 e. The molecule has 1 amide bonds. The molecule has 2 atom stereocenters. The van der Waals surface area contributed by atoms with E-state index in [4.69, 9.17) is 16.1 Å². The zero-order chi connectivity index (χ0) is 22.2. The van der Waals surface area contributed by atoms with Gasteiger partial charge in [0, 0.05) is 30.4 Å². The summed E-state index contributed by atoms with van der Waals surface area (Å²) in [5.41, 5.74) is 1.73. The van der Waals surface area contributed by atoms with Gasteiger partial charge in [0.2, 0.25) is 0 Å². The number of carbonyl (C=O) groups is 1. The van der Waals surface area contributed by atoms with Gasteiger partial charge in [-0.05, 0) is 56.4 Å². The van der Waals surface area contributed by atoms with E-state index in [-0.39, 0.29) is 23.4 Å². The van der Waals surface area contributed by atoms with Crippen LogP contribution in [-0.4, -0.2) is 27.2 Å². The molecule has 164 valence electrons. The maximum atomic E-state index is 13.5. The van der Waals surface area contributed by atoms with E-state index in [0.29, 0.717) is 33.8 Å². The summed E-state index contributed by atoms with van der Waals surface area (Å²) >= 11 is 6.53. The van der Waals surface area contributed by atoms with Crippen molar-refractivity contribution in [1.29, 1.82) is 0 Å². The van der Waals surface area contributed by atoms with Crippen molar-refractivity contribution in [2.24, 2.45) is 5.92 Å². The van der Waals surface area contributed by atoms with Crippen LogP contribution in [0, 0.1) is 12.8 Å². The fraction of sp³-hybridized carbons (Fsp3) is 0.333. The number of fused-ring (bicyclic) bond motifs is 3. The molecule has 0 aliphatic heterocycles. The Balaban J connectivity index is 1.46. The van der Waals surface area contributed by atoms with Crippen LogP contribution in [0.25, 0.3) is 21.8 Å². The summed E-state index contributed by atoms with van der Waals surface area (Å²) in [5.74, 6) is 0.641. The Morgan fingerprint density at radius 1 is 1.25 bits per heavy atom. The van der Waals surface area contributed by atoms with Crippen molar-refractivity contribution >= 4 is 39.3 Å². The number of hydrogen-bond acceptors (Lipinski definition) is 5. The molecule has 32 heavy (non-hydrogen) atoms. The van der Waals surface area contributed by atoms with E-state index in [1.165, 1.54) is 0 Å². The molecule has 7 nitrogen and oxygen atoms in total. The summed E-state index contributed by atoms with van der Waals surface area (Å²) in [5, 5.41) is 8.92. The number of benzene rings is 1. The molecular formula is C24H23ClN4O3. The van der Waals surface area contributed by atoms with Gasteiger partial charge in [0.25, 0.3) is 11.5 Å². The van der Waals surface area contributed by atoms with Crippen LogP contribution in [0.5, 0.6) is 0 Å². The standard InChI is InChI=1S/C24H23ClN4O3/c1-14-20-22(28-32-14)21-18(25)8-3-9-19(21)29(24(20)31)17-7-2-5-15(11-17)12-27-23(30)16-6-4-10-26-13-16/h3-4,6,8-10,13,15,17H,2,5,7,11-12H2,1H3,(H,27,30). The molecule has 1 aliphatic rings. The molecular weight excluding hydrogens is 428 g/mol. The van der Waals surface area contributed by atoms with E-state index >= 15 is 0 Å². The monoisotopic (exact) mass is 450 g/mol. The number of aromatic nitrogens is 3. The minimum atomic E-state index is -0.129. The minimum absolute atomic E-state index is 0.0104. The molecule has 3 heterocycles. The van der Waals surface area contributed by atoms with Gasteiger partial charge in [0.05, 0.1) is 16.1 Å². The molecule has 1 aliphatic carbocycles. The highest BCUT2D eigenvalue weighted by Crippen LogP contribution is 2.36. The smallest absolute Gasteiger partial charge is 0.264 e. The van der Waals surface area contributed by atoms with Crippen molar-refractivity contribution in [2.75, 3.05) is 6.54 Å². The molecule has 1 fully saturated rings. The van der Waals surface area contributed by atoms with Crippen molar-refractivity contribution in [1.82, 2.24) is 20.0 Å². The van der Waals surface area contributed by atoms with Crippen LogP contribution in [0.2, 0.25) is 5.02 Å². The molecule has 0 saturated heterocycles. The Hall–Kier alpha value is -3.19. The summed E-state index contributed by atoms with van der Waals surface area (Å²) < 4.78 is 7.22. The molecule has 0 radical (unpaired) electrons. The number of aryl methyl sites for hydroxylation is 1. The van der Waals surface area contributed by atoms with E-state index in [9.17, 15) is 9.59 Å². The molecule has 5 rings (SSSR count). The lowest BCUT2D eigenvalue weighted by Gasteiger charge is -2.31. The topological polar surface area (TPSA) is 90.0 Å². The number of halogens is 1. The molecule has 1 N–H and O–H groups in total. The Labute approximate surface area is 189 Å². The molecule has 4 aromatic rings. The zero-order valence-corrected chi connectivity index (χ0v) is 18.4. The predicted octanol–water partition coefficient (Wildman–Crippen LogP) is 4.66. The maximum Gasteiger partial charge on any atom is 0.264 e. The van der Waals surface area contributed by atoms with Gasteiger partial charge >= 0.3 is 0 Å². The highest BCUT2D eigenvalue weighted by Gasteiger charge is 2.28. The predicted molar refractivity (Wildman–Crippen MR) is 123 cm³/mol. The van der Waals surface area contributed by atoms with E-state index in [1.54, 1.807) is 37.5 Å². The van der Waals surface area contributed by atoms with E-state index in [2.05, 4.69) is 15.5 Å². The molecule has 1 aromatic carbocycles. The summed E-state index contributed by atoms with van der Waals surface area (Å²) in [6.07, 6.45) is 6.88. The first-order chi connectivity index (χ1) is 15.5. The van der Waals surface area contributed by atoms with Crippen LogP contribution in [-0.2, 0) is 0 Å². The number of hydrogen-bond donors (Lipinski definition) is 1. The Morgan fingerprint density at radius 3 is 2.94 bits per heavy atom. The number of nitrogens with zero attached hydrogens (tertiary/aromatic N) is 3. The van der Waals surface area contributed by atoms with Crippen LogP contribution >= 0.6 is 11.6 Å². The summed E-state index contributed by atoms with van der Waals surface area (Å²) in [7, 11) is 0. The second kappa shape index (κ2) is 8.39. The first-order valence-electron chi connectivity index (χ1n) is 10.8. The summed E-state index contributed by atoms with van der Waals surface area (Å²) in [4.78, 5) is 30.0. The Kier molecular flexibility index (Phi) is 5.43. The van der Waals surface area contributed by atoms with Gasteiger partial charge in [-0.15, -0.1) is 0 Å². The van der Waals surface area contributed by atoms with Gasteiger partial charge in [0.1, 0.15) is 16.7 Å². The van der Waals surface area contributed by atoms with Crippen molar-refractivity contribution in [3.63, 3.8) is 0 Å². The summed E-state index contributed by atoms with van der Waals surface area (Å²) in [6, 6.07) is 9.08. The molecule has 8 heteroatoms. The quantitative estimate of drug-likeness (QED) is 0.488. The second-order valence-electron chi connectivity index (χ2n) is 8.41. The van der Waals surface area contributed by atoms with Crippen LogP contribution in [0.15, 0.2) is 52.0 Å². The van der Waals surface area contributed by atoms with Crippen LogP contribution in [0.1, 0.15) is 47.8 Å². The highest BCUT2D eigenvalue weighted by molar-refractivity contribution is 6.37. The highest BCUT2D eigenvalue weighted by atomic mass is 35.5. The number of carbonyl (C=O) groups excluding carboxylic acids is 1. The van der Waals surface area contributed by atoms with Gasteiger partial charge in [-0.2, -0.15) is 0 Å². The maximum absolute atomic E-state index is 13.5. The van der Waals surface area contributed by atoms with Crippen LogP contribution in [0.4, 0.5) is 0 Å². The van der Waals surface area contributed by atoms with Crippen molar-refractivity contribution in [3.8, 4) is 0 Å². The molecule has 3 aromatic heterocycles. The lowest BCUT2D eigenvalue weighted by atomic mass is 9.85. The Bertz CT molecular complexity index is 1360. The minimum Gasteiger partial charge on any atom is -0.360 e. The first-order valence-corrected chi connectivity index (χ1v) is 11.2. The van der Waals surface area contributed by atoms with Crippen molar-refractivity contribution < 1.29 is 9.32 Å². The van der Waals surface area contributed by atoms with Gasteiger partial charge in [-0.3, -0.25) is 14.6 Å². The van der Waals surface area contributed by atoms with Crippen molar-refractivity contribution in [2.45, 2.75) is 38.6 Å². The zero-order valence-electron chi connectivity index (χ0n) is 17.7.